The molecule has 0 aliphatic carbocycles. The van der Waals surface area contributed by atoms with Crippen LogP contribution in [0.4, 0.5) is 10.5 Å². The van der Waals surface area contributed by atoms with Crippen LogP contribution in [0.2, 0.25) is 0 Å². The van der Waals surface area contributed by atoms with E-state index in [1.165, 1.54) is 0 Å². The van der Waals surface area contributed by atoms with Gasteiger partial charge in [0.25, 0.3) is 0 Å². The molecular weight excluding hydrogens is 260 g/mol. The first kappa shape index (κ1) is 15.6. The van der Waals surface area contributed by atoms with Gasteiger partial charge in [-0.05, 0) is 42.9 Å². The summed E-state index contributed by atoms with van der Waals surface area (Å²) in [5, 5.41) is 5.36. The zero-order valence-corrected chi connectivity index (χ0v) is 12.3. The average Bonchev–Trinajstić information content (AvgIpc) is 2.38. The van der Waals surface area contributed by atoms with Gasteiger partial charge in [-0.2, -0.15) is 0 Å². The van der Waals surface area contributed by atoms with Crippen molar-refractivity contribution in [3.05, 3.63) is 24.3 Å². The van der Waals surface area contributed by atoms with Crippen molar-refractivity contribution in [3.8, 4) is 0 Å². The van der Waals surface area contributed by atoms with Gasteiger partial charge in [0, 0.05) is 10.6 Å². The number of carbonyl (C=O) groups excluding carboxylic acids is 2. The second-order valence-electron chi connectivity index (χ2n) is 4.70. The smallest absolute Gasteiger partial charge is 0.319 e. The standard InChI is InChI=1S/C14H20N2O2S/c1-10(2)8-12(9-17)16-14(18)15-11-4-6-13(19-3)7-5-11/h4-7,9-10,12H,8H2,1-3H3,(H2,15,16,18)/t12-/m0/s1. The van der Waals surface area contributed by atoms with Crippen LogP contribution in [0, 0.1) is 5.92 Å². The number of aldehydes is 1. The van der Waals surface area contributed by atoms with E-state index in [2.05, 4.69) is 10.6 Å². The third kappa shape index (κ3) is 5.79. The highest BCUT2D eigenvalue weighted by atomic mass is 32.2. The number of urea groups is 1. The van der Waals surface area contributed by atoms with Crippen LogP contribution in [0.5, 0.6) is 0 Å². The molecule has 0 heterocycles. The van der Waals surface area contributed by atoms with E-state index in [0.717, 1.165) is 11.2 Å². The molecule has 0 aliphatic heterocycles. The van der Waals surface area contributed by atoms with E-state index >= 15 is 0 Å². The molecule has 0 fully saturated rings. The molecule has 0 bridgehead atoms. The Labute approximate surface area is 118 Å². The van der Waals surface area contributed by atoms with E-state index in [9.17, 15) is 9.59 Å². The summed E-state index contributed by atoms with van der Waals surface area (Å²) in [6, 6.07) is 6.75. The minimum Gasteiger partial charge on any atom is -0.328 e. The van der Waals surface area contributed by atoms with Gasteiger partial charge in [-0.15, -0.1) is 11.8 Å². The van der Waals surface area contributed by atoms with Gasteiger partial charge in [0.05, 0.1) is 6.04 Å². The lowest BCUT2D eigenvalue weighted by molar-refractivity contribution is -0.109. The first-order valence-corrected chi connectivity index (χ1v) is 7.44. The topological polar surface area (TPSA) is 58.2 Å². The third-order valence-electron chi connectivity index (χ3n) is 2.55. The lowest BCUT2D eigenvalue weighted by Crippen LogP contribution is -2.39. The third-order valence-corrected chi connectivity index (χ3v) is 3.30. The Morgan fingerprint density at radius 3 is 2.42 bits per heavy atom. The number of carbonyl (C=O) groups is 2. The second-order valence-corrected chi connectivity index (χ2v) is 5.58. The Morgan fingerprint density at radius 1 is 1.32 bits per heavy atom. The normalized spacial score (nSPS) is 12.0. The molecule has 1 atom stereocenters. The number of benzene rings is 1. The van der Waals surface area contributed by atoms with Crippen LogP contribution in [0.25, 0.3) is 0 Å². The molecule has 0 aromatic heterocycles. The molecule has 4 nitrogen and oxygen atoms in total. The summed E-state index contributed by atoms with van der Waals surface area (Å²) in [5.74, 6) is 0.358. The molecule has 2 N–H and O–H groups in total. The summed E-state index contributed by atoms with van der Waals surface area (Å²) < 4.78 is 0. The highest BCUT2D eigenvalue weighted by Gasteiger charge is 2.12. The largest absolute Gasteiger partial charge is 0.328 e. The van der Waals surface area contributed by atoms with Crippen molar-refractivity contribution in [2.24, 2.45) is 5.92 Å². The second kappa shape index (κ2) is 7.84. The molecule has 1 rings (SSSR count). The fourth-order valence-electron chi connectivity index (χ4n) is 1.67. The molecule has 104 valence electrons. The minimum atomic E-state index is -0.439. The van der Waals surface area contributed by atoms with E-state index in [-0.39, 0.29) is 6.03 Å². The van der Waals surface area contributed by atoms with Crippen LogP contribution in [0.1, 0.15) is 20.3 Å². The average molecular weight is 280 g/mol. The SMILES string of the molecule is CSc1ccc(NC(=O)N[C@H](C=O)CC(C)C)cc1. The zero-order chi connectivity index (χ0) is 14.3. The van der Waals surface area contributed by atoms with Crippen molar-refractivity contribution in [2.75, 3.05) is 11.6 Å². The van der Waals surface area contributed by atoms with Crippen molar-refractivity contribution >= 4 is 29.8 Å². The highest BCUT2D eigenvalue weighted by molar-refractivity contribution is 7.98. The monoisotopic (exact) mass is 280 g/mol. The Morgan fingerprint density at radius 2 is 1.95 bits per heavy atom. The lowest BCUT2D eigenvalue weighted by atomic mass is 10.1. The minimum absolute atomic E-state index is 0.352. The van der Waals surface area contributed by atoms with Crippen molar-refractivity contribution in [1.29, 1.82) is 0 Å². The Bertz CT molecular complexity index is 418. The first-order chi connectivity index (χ1) is 9.05. The van der Waals surface area contributed by atoms with Gasteiger partial charge < -0.3 is 15.4 Å². The van der Waals surface area contributed by atoms with E-state index in [1.807, 2.05) is 44.4 Å². The number of anilines is 1. The van der Waals surface area contributed by atoms with Crippen molar-refractivity contribution in [1.82, 2.24) is 5.32 Å². The van der Waals surface area contributed by atoms with Gasteiger partial charge in [0.15, 0.2) is 0 Å². The van der Waals surface area contributed by atoms with Gasteiger partial charge in [-0.3, -0.25) is 0 Å². The van der Waals surface area contributed by atoms with Crippen molar-refractivity contribution in [3.63, 3.8) is 0 Å². The van der Waals surface area contributed by atoms with Gasteiger partial charge in [0.1, 0.15) is 6.29 Å². The Hall–Kier alpha value is -1.49. The van der Waals surface area contributed by atoms with E-state index in [1.54, 1.807) is 11.8 Å². The van der Waals surface area contributed by atoms with Crippen LogP contribution in [-0.2, 0) is 4.79 Å². The highest BCUT2D eigenvalue weighted by Crippen LogP contribution is 2.17. The molecule has 0 saturated carbocycles. The molecule has 1 aromatic rings. The zero-order valence-electron chi connectivity index (χ0n) is 11.5. The molecule has 19 heavy (non-hydrogen) atoms. The predicted molar refractivity (Wildman–Crippen MR) is 79.7 cm³/mol. The maximum atomic E-state index is 11.7. The van der Waals surface area contributed by atoms with Crippen molar-refractivity contribution in [2.45, 2.75) is 31.2 Å². The molecule has 5 heteroatoms. The summed E-state index contributed by atoms with van der Waals surface area (Å²) in [7, 11) is 0. The van der Waals surface area contributed by atoms with Crippen LogP contribution < -0.4 is 10.6 Å². The van der Waals surface area contributed by atoms with Gasteiger partial charge >= 0.3 is 6.03 Å². The number of hydrogen-bond donors (Lipinski definition) is 2. The number of hydrogen-bond acceptors (Lipinski definition) is 3. The maximum Gasteiger partial charge on any atom is 0.319 e. The molecule has 0 radical (unpaired) electrons. The Balaban J connectivity index is 2.51. The quantitative estimate of drug-likeness (QED) is 0.621. The van der Waals surface area contributed by atoms with Crippen LogP contribution in [-0.4, -0.2) is 24.6 Å². The molecule has 1 aromatic carbocycles. The van der Waals surface area contributed by atoms with Gasteiger partial charge in [-0.1, -0.05) is 13.8 Å². The maximum absolute atomic E-state index is 11.7. The molecule has 2 amide bonds. The van der Waals surface area contributed by atoms with E-state index < -0.39 is 6.04 Å². The molecule has 0 unspecified atom stereocenters. The van der Waals surface area contributed by atoms with Crippen LogP contribution >= 0.6 is 11.8 Å². The summed E-state index contributed by atoms with van der Waals surface area (Å²) in [5.41, 5.74) is 0.712. The summed E-state index contributed by atoms with van der Waals surface area (Å²) >= 11 is 1.64. The van der Waals surface area contributed by atoms with Gasteiger partial charge in [0.2, 0.25) is 0 Å². The molecule has 0 saturated heterocycles. The summed E-state index contributed by atoms with van der Waals surface area (Å²) in [6.07, 6.45) is 3.41. The van der Waals surface area contributed by atoms with E-state index in [0.29, 0.717) is 18.0 Å². The summed E-state index contributed by atoms with van der Waals surface area (Å²) in [6.45, 7) is 4.02. The van der Waals surface area contributed by atoms with Crippen LogP contribution in [0.3, 0.4) is 0 Å². The number of nitrogens with one attached hydrogen (secondary N) is 2. The number of thioether (sulfide) groups is 1. The fraction of sp³-hybridized carbons (Fsp3) is 0.429. The van der Waals surface area contributed by atoms with Crippen molar-refractivity contribution < 1.29 is 9.59 Å². The molecule has 0 aliphatic rings. The lowest BCUT2D eigenvalue weighted by Gasteiger charge is -2.15. The molecule has 0 spiro atoms. The number of rotatable bonds is 6. The fourth-order valence-corrected chi connectivity index (χ4v) is 2.07. The molecular formula is C14H20N2O2S. The number of amides is 2. The first-order valence-electron chi connectivity index (χ1n) is 6.22. The summed E-state index contributed by atoms with van der Waals surface area (Å²) in [4.78, 5) is 23.7. The van der Waals surface area contributed by atoms with Crippen LogP contribution in [0.15, 0.2) is 29.2 Å². The van der Waals surface area contributed by atoms with Gasteiger partial charge in [-0.25, -0.2) is 4.79 Å². The van der Waals surface area contributed by atoms with E-state index in [4.69, 9.17) is 0 Å². The predicted octanol–water partition coefficient (Wildman–Crippen LogP) is 3.14. The Kier molecular flexibility index (Phi) is 6.42.